The van der Waals surface area contributed by atoms with Gasteiger partial charge in [-0.05, 0) is 12.1 Å². The molecule has 0 N–H and O–H groups in total. The summed E-state index contributed by atoms with van der Waals surface area (Å²) in [6, 6.07) is 10.7. The molecule has 2 aromatic carbocycles. The first-order valence-corrected chi connectivity index (χ1v) is 7.24. The molecular formula is C17H10ClF2NO3. The van der Waals surface area contributed by atoms with Crippen molar-refractivity contribution in [2.24, 2.45) is 0 Å². The minimum atomic E-state index is -1.19. The van der Waals surface area contributed by atoms with Crippen LogP contribution in [0.3, 0.4) is 0 Å². The van der Waals surface area contributed by atoms with E-state index in [-0.39, 0.29) is 23.1 Å². The van der Waals surface area contributed by atoms with Gasteiger partial charge in [-0.1, -0.05) is 41.9 Å². The van der Waals surface area contributed by atoms with E-state index < -0.39 is 17.6 Å². The number of oxazole rings is 1. The average Bonchev–Trinajstić information content (AvgIpc) is 3.06. The van der Waals surface area contributed by atoms with Gasteiger partial charge in [0.05, 0.1) is 16.8 Å². The van der Waals surface area contributed by atoms with Gasteiger partial charge in [-0.15, -0.1) is 0 Å². The highest BCUT2D eigenvalue weighted by molar-refractivity contribution is 6.33. The van der Waals surface area contributed by atoms with Crippen molar-refractivity contribution in [3.05, 3.63) is 76.8 Å². The Morgan fingerprint density at radius 2 is 1.88 bits per heavy atom. The molecule has 0 atom stereocenters. The molecule has 24 heavy (non-hydrogen) atoms. The summed E-state index contributed by atoms with van der Waals surface area (Å²) in [4.78, 5) is 15.9. The molecule has 0 spiro atoms. The van der Waals surface area contributed by atoms with Crippen molar-refractivity contribution in [1.29, 1.82) is 0 Å². The first-order valence-electron chi connectivity index (χ1n) is 6.86. The zero-order valence-electron chi connectivity index (χ0n) is 12.1. The number of aromatic nitrogens is 1. The summed E-state index contributed by atoms with van der Waals surface area (Å²) in [7, 11) is 0. The highest BCUT2D eigenvalue weighted by Crippen LogP contribution is 2.22. The Bertz CT molecular complexity index is 881. The smallest absolute Gasteiger partial charge is 0.340 e. The van der Waals surface area contributed by atoms with Gasteiger partial charge in [-0.3, -0.25) is 0 Å². The molecule has 3 rings (SSSR count). The molecule has 0 radical (unpaired) electrons. The van der Waals surface area contributed by atoms with Crippen LogP contribution in [0, 0.1) is 11.6 Å². The number of carbonyl (C=O) groups excluding carboxylic acids is 1. The zero-order valence-corrected chi connectivity index (χ0v) is 12.9. The average molecular weight is 350 g/mol. The van der Waals surface area contributed by atoms with E-state index in [0.717, 1.165) is 5.56 Å². The normalized spacial score (nSPS) is 10.6. The molecule has 1 aromatic heterocycles. The number of hydrogen-bond acceptors (Lipinski definition) is 4. The fraction of sp³-hybridized carbons (Fsp3) is 0.0588. The lowest BCUT2D eigenvalue weighted by Gasteiger charge is -2.05. The second kappa shape index (κ2) is 6.80. The van der Waals surface area contributed by atoms with Crippen molar-refractivity contribution in [3.63, 3.8) is 0 Å². The van der Waals surface area contributed by atoms with Gasteiger partial charge in [0.15, 0.2) is 24.0 Å². The maximum atomic E-state index is 13.2. The molecular weight excluding hydrogens is 340 g/mol. The second-order valence-corrected chi connectivity index (χ2v) is 5.21. The van der Waals surface area contributed by atoms with Crippen LogP contribution in [0.4, 0.5) is 8.78 Å². The molecule has 0 aliphatic rings. The molecule has 0 saturated heterocycles. The van der Waals surface area contributed by atoms with Crippen molar-refractivity contribution in [2.75, 3.05) is 0 Å². The number of rotatable bonds is 4. The number of ether oxygens (including phenoxy) is 1. The second-order valence-electron chi connectivity index (χ2n) is 4.81. The van der Waals surface area contributed by atoms with Crippen LogP contribution in [-0.2, 0) is 11.3 Å². The van der Waals surface area contributed by atoms with Gasteiger partial charge >= 0.3 is 5.97 Å². The Kier molecular flexibility index (Phi) is 4.57. The fourth-order valence-electron chi connectivity index (χ4n) is 2.00. The van der Waals surface area contributed by atoms with Crippen molar-refractivity contribution >= 4 is 17.6 Å². The Morgan fingerprint density at radius 3 is 2.62 bits per heavy atom. The number of carbonyl (C=O) groups is 1. The SMILES string of the molecule is O=C(OCc1ncc(-c2ccccc2)o1)c1cc(F)c(F)cc1Cl. The third-order valence-corrected chi connectivity index (χ3v) is 3.48. The van der Waals surface area contributed by atoms with Crippen LogP contribution in [0.15, 0.2) is 53.1 Å². The van der Waals surface area contributed by atoms with Gasteiger partial charge in [-0.2, -0.15) is 0 Å². The number of hydrogen-bond donors (Lipinski definition) is 0. The van der Waals surface area contributed by atoms with Crippen LogP contribution in [0.5, 0.6) is 0 Å². The molecule has 0 bridgehead atoms. The lowest BCUT2D eigenvalue weighted by Crippen LogP contribution is -2.07. The Labute approximate surface area is 140 Å². The summed E-state index contributed by atoms with van der Waals surface area (Å²) in [6.07, 6.45) is 1.50. The van der Waals surface area contributed by atoms with E-state index in [0.29, 0.717) is 17.9 Å². The third-order valence-electron chi connectivity index (χ3n) is 3.17. The van der Waals surface area contributed by atoms with Gasteiger partial charge < -0.3 is 9.15 Å². The van der Waals surface area contributed by atoms with Gasteiger partial charge in [0.1, 0.15) is 0 Å². The number of benzene rings is 2. The van der Waals surface area contributed by atoms with Crippen LogP contribution in [0.25, 0.3) is 11.3 Å². The first-order chi connectivity index (χ1) is 11.5. The molecule has 1 heterocycles. The Hall–Kier alpha value is -2.73. The summed E-state index contributed by atoms with van der Waals surface area (Å²) in [5.74, 6) is -2.54. The van der Waals surface area contributed by atoms with Crippen LogP contribution >= 0.6 is 11.6 Å². The molecule has 4 nitrogen and oxygen atoms in total. The van der Waals surface area contributed by atoms with Crippen LogP contribution in [0.2, 0.25) is 5.02 Å². The number of nitrogens with zero attached hydrogens (tertiary/aromatic N) is 1. The molecule has 0 amide bonds. The molecule has 122 valence electrons. The standard InChI is InChI=1S/C17H10ClF2NO3/c18-12-7-14(20)13(19)6-11(12)17(22)23-9-16-21-8-15(24-16)10-4-2-1-3-5-10/h1-8H,9H2. The summed E-state index contributed by atoms with van der Waals surface area (Å²) in [6.45, 7) is -0.263. The van der Waals surface area contributed by atoms with Crippen molar-refractivity contribution in [1.82, 2.24) is 4.98 Å². The van der Waals surface area contributed by atoms with E-state index in [9.17, 15) is 13.6 Å². The molecule has 0 aliphatic carbocycles. The summed E-state index contributed by atoms with van der Waals surface area (Å²) < 4.78 is 36.6. The minimum absolute atomic E-state index is 0.168. The lowest BCUT2D eigenvalue weighted by atomic mass is 10.2. The maximum Gasteiger partial charge on any atom is 0.340 e. The van der Waals surface area contributed by atoms with Crippen LogP contribution in [-0.4, -0.2) is 11.0 Å². The summed E-state index contributed by atoms with van der Waals surface area (Å²) >= 11 is 5.72. The van der Waals surface area contributed by atoms with E-state index >= 15 is 0 Å². The third kappa shape index (κ3) is 3.44. The van der Waals surface area contributed by atoms with Crippen molar-refractivity contribution in [3.8, 4) is 11.3 Å². The summed E-state index contributed by atoms with van der Waals surface area (Å²) in [5, 5.41) is -0.240. The molecule has 0 fully saturated rings. The minimum Gasteiger partial charge on any atom is -0.452 e. The lowest BCUT2D eigenvalue weighted by molar-refractivity contribution is 0.0438. The Morgan fingerprint density at radius 1 is 1.17 bits per heavy atom. The molecule has 0 aliphatic heterocycles. The van der Waals surface area contributed by atoms with E-state index in [1.165, 1.54) is 6.20 Å². The van der Waals surface area contributed by atoms with E-state index in [1.54, 1.807) is 0 Å². The molecule has 0 unspecified atom stereocenters. The van der Waals surface area contributed by atoms with Crippen molar-refractivity contribution < 1.29 is 22.7 Å². The number of esters is 1. The zero-order chi connectivity index (χ0) is 17.1. The molecule has 7 heteroatoms. The quantitative estimate of drug-likeness (QED) is 0.509. The fourth-order valence-corrected chi connectivity index (χ4v) is 2.22. The topological polar surface area (TPSA) is 52.3 Å². The van der Waals surface area contributed by atoms with E-state index in [4.69, 9.17) is 20.8 Å². The van der Waals surface area contributed by atoms with Gasteiger partial charge in [0, 0.05) is 5.56 Å². The largest absolute Gasteiger partial charge is 0.452 e. The van der Waals surface area contributed by atoms with Gasteiger partial charge in [-0.25, -0.2) is 18.6 Å². The van der Waals surface area contributed by atoms with E-state index in [1.807, 2.05) is 30.3 Å². The highest BCUT2D eigenvalue weighted by Gasteiger charge is 2.17. The summed E-state index contributed by atoms with van der Waals surface area (Å²) in [5.41, 5.74) is 0.552. The monoisotopic (exact) mass is 349 g/mol. The van der Waals surface area contributed by atoms with Gasteiger partial charge in [0.2, 0.25) is 5.89 Å². The van der Waals surface area contributed by atoms with Crippen molar-refractivity contribution in [2.45, 2.75) is 6.61 Å². The predicted octanol–water partition coefficient (Wildman–Crippen LogP) is 4.63. The molecule has 3 aromatic rings. The highest BCUT2D eigenvalue weighted by atomic mass is 35.5. The van der Waals surface area contributed by atoms with Crippen LogP contribution < -0.4 is 0 Å². The van der Waals surface area contributed by atoms with E-state index in [2.05, 4.69) is 4.98 Å². The molecule has 0 saturated carbocycles. The maximum absolute atomic E-state index is 13.2. The first kappa shape index (κ1) is 16.1. The Balaban J connectivity index is 1.69. The van der Waals surface area contributed by atoms with Gasteiger partial charge in [0.25, 0.3) is 0 Å². The predicted molar refractivity (Wildman–Crippen MR) is 82.4 cm³/mol. The van der Waals surface area contributed by atoms with Crippen LogP contribution in [0.1, 0.15) is 16.2 Å². The number of halogens is 3.